The summed E-state index contributed by atoms with van der Waals surface area (Å²) in [5, 5.41) is 0. The van der Waals surface area contributed by atoms with Crippen LogP contribution in [0.5, 0.6) is 0 Å². The van der Waals surface area contributed by atoms with Gasteiger partial charge in [0.15, 0.2) is 0 Å². The van der Waals surface area contributed by atoms with Crippen molar-refractivity contribution >= 4 is 45.9 Å². The Hall–Kier alpha value is 1.26. The zero-order chi connectivity index (χ0) is 0. The van der Waals surface area contributed by atoms with E-state index in [1.54, 1.807) is 0 Å². The molecule has 3 N–H and O–H groups in total. The Bertz CT molecular complexity index is 6.00. The summed E-state index contributed by atoms with van der Waals surface area (Å²) in [5.41, 5.74) is 0. The minimum absolute atomic E-state index is 0. The van der Waals surface area contributed by atoms with Gasteiger partial charge in [-0.05, 0) is 0 Å². The zero-order valence-corrected chi connectivity index (χ0v) is 3.71. The van der Waals surface area contributed by atoms with Crippen molar-refractivity contribution in [3.63, 3.8) is 0 Å². The predicted molar refractivity (Wildman–Crippen MR) is 32.9 cm³/mol. The summed E-state index contributed by atoms with van der Waals surface area (Å²) < 4.78 is 0. The molecule has 0 saturated heterocycles. The molecule has 0 unspecified atom stereocenters. The van der Waals surface area contributed by atoms with Gasteiger partial charge in [0.1, 0.15) is 0 Å². The fourth-order valence-corrected chi connectivity index (χ4v) is 0. The summed E-state index contributed by atoms with van der Waals surface area (Å²) >= 11 is 0. The molecule has 0 atom stereocenters. The topological polar surface area (TPSA) is 35.0 Å². The van der Waals surface area contributed by atoms with Crippen LogP contribution in [0.25, 0.3) is 0 Å². The summed E-state index contributed by atoms with van der Waals surface area (Å²) in [7, 11) is 0. The second kappa shape index (κ2) is 28.6. The van der Waals surface area contributed by atoms with E-state index in [9.17, 15) is 0 Å². The molecule has 0 bridgehead atoms. The van der Waals surface area contributed by atoms with Gasteiger partial charge in [0.25, 0.3) is 0 Å². The van der Waals surface area contributed by atoms with Crippen LogP contribution in [0, 0.1) is 0 Å². The van der Waals surface area contributed by atoms with Crippen molar-refractivity contribution in [3.05, 3.63) is 0 Å². The van der Waals surface area contributed by atoms with Crippen LogP contribution in [0.2, 0.25) is 0 Å². The average molecular weight is 93.1 g/mol. The van der Waals surface area contributed by atoms with E-state index >= 15 is 0 Å². The number of rotatable bonds is 0. The van der Waals surface area contributed by atoms with Gasteiger partial charge in [0.05, 0.1) is 0 Å². The second-order valence-electron chi connectivity index (χ2n) is 0. The maximum atomic E-state index is 0. The van der Waals surface area contributed by atoms with E-state index in [-0.39, 0.29) is 52.0 Å². The fourth-order valence-electron chi connectivity index (χ4n) is 0. The normalized spacial score (nSPS) is 0. The van der Waals surface area contributed by atoms with E-state index in [1.807, 2.05) is 0 Å². The van der Waals surface area contributed by atoms with Gasteiger partial charge in [0.2, 0.25) is 0 Å². The fraction of sp³-hybridized carbons (Fsp3) is 0. The van der Waals surface area contributed by atoms with Crippen molar-refractivity contribution in [2.75, 3.05) is 0 Å². The van der Waals surface area contributed by atoms with Crippen molar-refractivity contribution in [2.45, 2.75) is 0 Å². The first-order valence-corrected chi connectivity index (χ1v) is 0. The first kappa shape index (κ1) is 60.3. The molecule has 0 aromatic rings. The molecule has 0 aliphatic rings. The Labute approximate surface area is 52.2 Å². The van der Waals surface area contributed by atoms with E-state index in [2.05, 4.69) is 0 Å². The molecular formula is H8LiNS2. The first-order chi connectivity index (χ1) is 0. The third-order valence-electron chi connectivity index (χ3n) is 0. The molecular weight excluding hydrogens is 85.1 g/mol. The molecule has 0 aliphatic carbocycles. The van der Waals surface area contributed by atoms with Crippen molar-refractivity contribution in [3.8, 4) is 0 Å². The van der Waals surface area contributed by atoms with Gasteiger partial charge in [-0.25, -0.2) is 0 Å². The molecule has 0 aliphatic heterocycles. The number of hydrogen-bond donors (Lipinski definition) is 1. The van der Waals surface area contributed by atoms with E-state index < -0.39 is 0 Å². The van der Waals surface area contributed by atoms with Crippen LogP contribution in [0.3, 0.4) is 0 Å². The molecule has 0 amide bonds. The molecule has 1 nitrogen and oxygen atoms in total. The third kappa shape index (κ3) is 10.5. The van der Waals surface area contributed by atoms with Crippen LogP contribution in [-0.2, 0) is 0 Å². The van der Waals surface area contributed by atoms with Crippen molar-refractivity contribution in [2.24, 2.45) is 0 Å². The predicted octanol–water partition coefficient (Wildman–Crippen LogP) is -0.261. The quantitative estimate of drug-likeness (QED) is 0.411. The summed E-state index contributed by atoms with van der Waals surface area (Å²) in [4.78, 5) is 0. The monoisotopic (exact) mass is 93.0 g/mol. The van der Waals surface area contributed by atoms with Gasteiger partial charge in [-0.15, -0.1) is 0 Å². The third-order valence-corrected chi connectivity index (χ3v) is 0. The molecule has 0 rings (SSSR count). The molecule has 0 spiro atoms. The summed E-state index contributed by atoms with van der Waals surface area (Å²) in [6.07, 6.45) is 0. The standard InChI is InChI=1S/Li.H3N.2H2S.H/h;1H3;2*1H2;. The maximum absolute atomic E-state index is 0. The SMILES string of the molecule is N.S.S.[LiH]. The Morgan fingerprint density at radius 2 is 0.750 bits per heavy atom. The molecule has 0 fully saturated rings. The molecule has 26 valence electrons. The molecule has 0 saturated carbocycles. The summed E-state index contributed by atoms with van der Waals surface area (Å²) in [5.74, 6) is 0. The van der Waals surface area contributed by atoms with Gasteiger partial charge < -0.3 is 6.15 Å². The molecule has 0 heterocycles. The van der Waals surface area contributed by atoms with Gasteiger partial charge in [0, 0.05) is 0 Å². The van der Waals surface area contributed by atoms with Crippen LogP contribution in [0.4, 0.5) is 0 Å². The van der Waals surface area contributed by atoms with E-state index in [4.69, 9.17) is 0 Å². The Kier molecular flexibility index (Phi) is 431. The van der Waals surface area contributed by atoms with Crippen molar-refractivity contribution in [1.29, 1.82) is 0 Å². The molecule has 4 heteroatoms. The first-order valence-electron chi connectivity index (χ1n) is 0. The van der Waals surface area contributed by atoms with Crippen LogP contribution in [-0.4, -0.2) is 18.9 Å². The van der Waals surface area contributed by atoms with Crippen LogP contribution >= 0.6 is 27.0 Å². The van der Waals surface area contributed by atoms with Crippen LogP contribution < -0.4 is 6.15 Å². The Balaban J connectivity index is 0. The average Bonchev–Trinajstić information content (AvgIpc) is 0. The molecule has 4 heavy (non-hydrogen) atoms. The Morgan fingerprint density at radius 3 is 0.750 bits per heavy atom. The number of hydrogen-bond acceptors (Lipinski definition) is 1. The van der Waals surface area contributed by atoms with Crippen molar-refractivity contribution < 1.29 is 0 Å². The zero-order valence-electron chi connectivity index (χ0n) is 1.71. The van der Waals surface area contributed by atoms with Crippen LogP contribution in [0.15, 0.2) is 0 Å². The van der Waals surface area contributed by atoms with E-state index in [1.165, 1.54) is 0 Å². The van der Waals surface area contributed by atoms with Crippen molar-refractivity contribution in [1.82, 2.24) is 6.15 Å². The Morgan fingerprint density at radius 1 is 0.750 bits per heavy atom. The van der Waals surface area contributed by atoms with Gasteiger partial charge in [-0.1, -0.05) is 0 Å². The second-order valence-corrected chi connectivity index (χ2v) is 0. The van der Waals surface area contributed by atoms with Gasteiger partial charge in [-0.3, -0.25) is 0 Å². The van der Waals surface area contributed by atoms with E-state index in [0.717, 1.165) is 0 Å². The summed E-state index contributed by atoms with van der Waals surface area (Å²) in [6.45, 7) is 0. The van der Waals surface area contributed by atoms with E-state index in [0.29, 0.717) is 0 Å². The van der Waals surface area contributed by atoms with Gasteiger partial charge in [-0.2, -0.15) is 27.0 Å². The minimum atomic E-state index is 0. The van der Waals surface area contributed by atoms with Gasteiger partial charge >= 0.3 is 18.9 Å². The summed E-state index contributed by atoms with van der Waals surface area (Å²) in [6, 6.07) is 0. The molecule has 0 aromatic carbocycles. The molecule has 0 radical (unpaired) electrons. The molecule has 0 aromatic heterocycles. The van der Waals surface area contributed by atoms with Crippen LogP contribution in [0.1, 0.15) is 0 Å².